The summed E-state index contributed by atoms with van der Waals surface area (Å²) in [4.78, 5) is 5.71. The fourth-order valence-corrected chi connectivity index (χ4v) is 7.04. The third-order valence-corrected chi connectivity index (χ3v) is 9.12. The lowest BCUT2D eigenvalue weighted by molar-refractivity contribution is 0.486. The van der Waals surface area contributed by atoms with E-state index in [1.165, 1.54) is 12.8 Å². The van der Waals surface area contributed by atoms with Gasteiger partial charge in [-0.1, -0.05) is 31.5 Å². The first-order valence-corrected chi connectivity index (χ1v) is 14.4. The molecule has 0 unspecified atom stereocenters. The predicted octanol–water partition coefficient (Wildman–Crippen LogP) is 6.29. The Morgan fingerprint density at radius 3 is 2.54 bits per heavy atom. The number of thiophene rings is 1. The van der Waals surface area contributed by atoms with E-state index in [-0.39, 0.29) is 4.21 Å². The van der Waals surface area contributed by atoms with Crippen LogP contribution >= 0.6 is 11.3 Å². The van der Waals surface area contributed by atoms with Gasteiger partial charge < -0.3 is 0 Å². The SMILES string of the molecule is CCCc1cc(Cn2nc(C)c3c(C)nc(CC4CC4)cc32)ccc1-c1cc(C)sc1S(=O)(=O)O. The molecule has 6 nitrogen and oxygen atoms in total. The van der Waals surface area contributed by atoms with Crippen molar-refractivity contribution in [3.8, 4) is 11.1 Å². The summed E-state index contributed by atoms with van der Waals surface area (Å²) in [5.74, 6) is 0.773. The third-order valence-electron chi connectivity index (χ3n) is 6.70. The van der Waals surface area contributed by atoms with Crippen LogP contribution in [-0.4, -0.2) is 27.7 Å². The fraction of sp³-hybridized carbons (Fsp3) is 0.407. The molecule has 3 aromatic heterocycles. The lowest BCUT2D eigenvalue weighted by Gasteiger charge is -2.13. The number of benzene rings is 1. The van der Waals surface area contributed by atoms with Crippen LogP contribution in [0, 0.1) is 26.7 Å². The molecule has 0 bridgehead atoms. The Hall–Kier alpha value is -2.55. The van der Waals surface area contributed by atoms with Crippen LogP contribution < -0.4 is 0 Å². The monoisotopic (exact) mass is 509 g/mol. The van der Waals surface area contributed by atoms with Gasteiger partial charge in [-0.15, -0.1) is 11.3 Å². The molecule has 0 atom stereocenters. The molecular weight excluding hydrogens is 478 g/mol. The lowest BCUT2D eigenvalue weighted by Crippen LogP contribution is -2.05. The Kier molecular flexibility index (Phi) is 6.32. The van der Waals surface area contributed by atoms with Gasteiger partial charge in [-0.3, -0.25) is 14.2 Å². The largest absolute Gasteiger partial charge is 0.304 e. The summed E-state index contributed by atoms with van der Waals surface area (Å²) in [7, 11) is -4.29. The zero-order valence-electron chi connectivity index (χ0n) is 20.6. The molecule has 4 aromatic rings. The zero-order valence-corrected chi connectivity index (χ0v) is 22.3. The Balaban J connectivity index is 1.55. The number of pyridine rings is 1. The van der Waals surface area contributed by atoms with Gasteiger partial charge in [0.2, 0.25) is 0 Å². The average Bonchev–Trinajstić information content (AvgIpc) is 3.41. The molecule has 35 heavy (non-hydrogen) atoms. The summed E-state index contributed by atoms with van der Waals surface area (Å²) in [5.41, 5.74) is 7.92. The minimum atomic E-state index is -4.29. The van der Waals surface area contributed by atoms with Crippen molar-refractivity contribution in [2.24, 2.45) is 5.92 Å². The van der Waals surface area contributed by atoms with Crippen LogP contribution in [0.25, 0.3) is 22.0 Å². The van der Waals surface area contributed by atoms with Crippen molar-refractivity contribution in [1.82, 2.24) is 14.8 Å². The standard InChI is InChI=1S/C27H31N3O3S2/c1-5-6-21-12-20(9-10-23(21)24-11-16(2)34-27(24)35(31,32)33)15-30-25-14-22(13-19-7-8-19)28-17(3)26(25)18(4)29-30/h9-12,14,19H,5-8,13,15H2,1-4H3,(H,31,32,33). The Morgan fingerprint density at radius 1 is 1.09 bits per heavy atom. The second-order valence-electron chi connectivity index (χ2n) is 9.76. The summed E-state index contributed by atoms with van der Waals surface area (Å²) >= 11 is 1.11. The number of fused-ring (bicyclic) bond motifs is 1. The maximum Gasteiger partial charge on any atom is 0.304 e. The first kappa shape index (κ1) is 24.2. The van der Waals surface area contributed by atoms with Crippen molar-refractivity contribution >= 4 is 32.4 Å². The molecule has 1 aliphatic rings. The topological polar surface area (TPSA) is 85.1 Å². The van der Waals surface area contributed by atoms with E-state index in [1.807, 2.05) is 32.0 Å². The normalized spacial score (nSPS) is 14.2. The summed E-state index contributed by atoms with van der Waals surface area (Å²) < 4.78 is 35.9. The van der Waals surface area contributed by atoms with Crippen LogP contribution in [0.1, 0.15) is 59.3 Å². The number of rotatable bonds is 8. The van der Waals surface area contributed by atoms with Crippen molar-refractivity contribution in [1.29, 1.82) is 0 Å². The molecule has 3 heterocycles. The van der Waals surface area contributed by atoms with Gasteiger partial charge in [0.05, 0.1) is 17.8 Å². The molecule has 5 rings (SSSR count). The van der Waals surface area contributed by atoms with Crippen LogP contribution in [-0.2, 0) is 29.5 Å². The lowest BCUT2D eigenvalue weighted by atomic mass is 9.96. The van der Waals surface area contributed by atoms with Gasteiger partial charge in [0.1, 0.15) is 0 Å². The molecule has 0 spiro atoms. The van der Waals surface area contributed by atoms with Gasteiger partial charge in [-0.2, -0.15) is 13.5 Å². The Labute approximate surface area is 210 Å². The minimum absolute atomic E-state index is 0.0139. The molecule has 1 aromatic carbocycles. The Morgan fingerprint density at radius 2 is 1.86 bits per heavy atom. The van der Waals surface area contributed by atoms with Crippen LogP contribution in [0.2, 0.25) is 0 Å². The van der Waals surface area contributed by atoms with Gasteiger partial charge in [-0.05, 0) is 81.2 Å². The number of hydrogen-bond donors (Lipinski definition) is 1. The van der Waals surface area contributed by atoms with E-state index >= 15 is 0 Å². The highest BCUT2D eigenvalue weighted by molar-refractivity contribution is 7.88. The van der Waals surface area contributed by atoms with Gasteiger partial charge in [-0.25, -0.2) is 0 Å². The van der Waals surface area contributed by atoms with Crippen molar-refractivity contribution in [3.05, 3.63) is 63.4 Å². The zero-order chi connectivity index (χ0) is 24.9. The summed E-state index contributed by atoms with van der Waals surface area (Å²) in [6, 6.07) is 10.2. The van der Waals surface area contributed by atoms with Gasteiger partial charge in [0.25, 0.3) is 0 Å². The van der Waals surface area contributed by atoms with Crippen LogP contribution in [0.5, 0.6) is 0 Å². The number of nitrogens with zero attached hydrogens (tertiary/aromatic N) is 3. The van der Waals surface area contributed by atoms with Crippen LogP contribution in [0.4, 0.5) is 0 Å². The van der Waals surface area contributed by atoms with Gasteiger partial charge in [0.15, 0.2) is 4.21 Å². The van der Waals surface area contributed by atoms with E-state index in [9.17, 15) is 13.0 Å². The first-order valence-electron chi connectivity index (χ1n) is 12.2. The smallest absolute Gasteiger partial charge is 0.281 e. The maximum absolute atomic E-state index is 12.0. The quantitative estimate of drug-likeness (QED) is 0.282. The third kappa shape index (κ3) is 4.92. The molecule has 1 saturated carbocycles. The van der Waals surface area contributed by atoms with E-state index in [2.05, 4.69) is 30.7 Å². The Bertz CT molecular complexity index is 1530. The summed E-state index contributed by atoms with van der Waals surface area (Å²) in [6.45, 7) is 8.70. The van der Waals surface area contributed by atoms with E-state index in [0.717, 1.165) is 86.1 Å². The van der Waals surface area contributed by atoms with Crippen molar-refractivity contribution < 1.29 is 13.0 Å². The maximum atomic E-state index is 12.0. The highest BCUT2D eigenvalue weighted by Gasteiger charge is 2.24. The highest BCUT2D eigenvalue weighted by Crippen LogP contribution is 2.38. The number of aryl methyl sites for hydroxylation is 4. The van der Waals surface area contributed by atoms with Gasteiger partial charge in [0, 0.05) is 27.2 Å². The van der Waals surface area contributed by atoms with E-state index in [4.69, 9.17) is 10.1 Å². The summed E-state index contributed by atoms with van der Waals surface area (Å²) in [6.07, 6.45) is 5.38. The second kappa shape index (κ2) is 9.15. The highest BCUT2D eigenvalue weighted by atomic mass is 32.3. The van der Waals surface area contributed by atoms with E-state index < -0.39 is 10.1 Å². The molecule has 1 aliphatic carbocycles. The summed E-state index contributed by atoms with van der Waals surface area (Å²) in [5, 5.41) is 5.98. The molecule has 1 fully saturated rings. The van der Waals surface area contributed by atoms with E-state index in [1.54, 1.807) is 0 Å². The van der Waals surface area contributed by atoms with Crippen molar-refractivity contribution in [2.75, 3.05) is 0 Å². The van der Waals surface area contributed by atoms with E-state index in [0.29, 0.717) is 12.1 Å². The second-order valence-corrected chi connectivity index (χ2v) is 12.6. The predicted molar refractivity (Wildman–Crippen MR) is 141 cm³/mol. The molecule has 184 valence electrons. The number of hydrogen-bond acceptors (Lipinski definition) is 5. The van der Waals surface area contributed by atoms with Crippen LogP contribution in [0.3, 0.4) is 0 Å². The molecule has 0 amide bonds. The first-order chi connectivity index (χ1) is 16.6. The minimum Gasteiger partial charge on any atom is -0.281 e. The fourth-order valence-electron chi connectivity index (χ4n) is 5.03. The average molecular weight is 510 g/mol. The van der Waals surface area contributed by atoms with Crippen molar-refractivity contribution in [2.45, 2.75) is 70.6 Å². The van der Waals surface area contributed by atoms with Crippen LogP contribution in [0.15, 0.2) is 34.5 Å². The molecule has 0 saturated heterocycles. The number of aromatic nitrogens is 3. The molecule has 0 aliphatic heterocycles. The van der Waals surface area contributed by atoms with Crippen molar-refractivity contribution in [3.63, 3.8) is 0 Å². The molecule has 8 heteroatoms. The molecule has 1 N–H and O–H groups in total. The molecular formula is C27H31N3O3S2. The van der Waals surface area contributed by atoms with Gasteiger partial charge >= 0.3 is 10.1 Å². The molecule has 0 radical (unpaired) electrons.